The third kappa shape index (κ3) is 21.2. The number of ether oxygens (including phenoxy) is 3. The third-order valence-corrected chi connectivity index (χ3v) is 9.13. The van der Waals surface area contributed by atoms with Gasteiger partial charge in [-0.2, -0.15) is 0 Å². The van der Waals surface area contributed by atoms with Crippen LogP contribution in [0.15, 0.2) is 97.1 Å². The van der Waals surface area contributed by atoms with Crippen LogP contribution in [0.4, 0.5) is 0 Å². The molecule has 0 fully saturated rings. The molecule has 4 aromatic rings. The number of hydrogen-bond donors (Lipinski definition) is 4. The Kier molecular flexibility index (Phi) is 31.8. The van der Waals surface area contributed by atoms with Crippen LogP contribution in [0, 0.1) is 13.1 Å². The first-order valence-electron chi connectivity index (χ1n) is 19.3. The molecule has 9 N–H and O–H groups in total. The second-order valence-corrected chi connectivity index (χ2v) is 14.7. The Bertz CT molecular complexity index is 2210. The van der Waals surface area contributed by atoms with Gasteiger partial charge in [-0.15, -0.1) is 0 Å². The van der Waals surface area contributed by atoms with Crippen LogP contribution in [0.1, 0.15) is 119 Å². The van der Waals surface area contributed by atoms with E-state index in [-0.39, 0.29) is 59.9 Å². The van der Waals surface area contributed by atoms with Gasteiger partial charge in [-0.05, 0) is 101 Å². The molecule has 0 spiro atoms. The minimum atomic E-state index is -0.988. The van der Waals surface area contributed by atoms with Gasteiger partial charge in [-0.3, -0.25) is 9.59 Å². The van der Waals surface area contributed by atoms with E-state index in [0.29, 0.717) is 35.4 Å². The maximum atomic E-state index is 11.4. The number of carbonyl (C=O) groups is 6. The van der Waals surface area contributed by atoms with Crippen LogP contribution in [0.2, 0.25) is 0 Å². The van der Waals surface area contributed by atoms with Gasteiger partial charge >= 0.3 is 42.7 Å². The molecule has 0 heterocycles. The van der Waals surface area contributed by atoms with Crippen LogP contribution in [0.5, 0.6) is 0 Å². The van der Waals surface area contributed by atoms with Crippen molar-refractivity contribution in [1.82, 2.24) is 0 Å². The predicted octanol–water partition coefficient (Wildman–Crippen LogP) is 3.30. The number of aromatic carboxylic acids is 1. The zero-order chi connectivity index (χ0) is 48.6. The molecule has 4 aromatic carbocycles. The normalized spacial score (nSPS) is 9.77. The molecule has 4 rings (SSSR count). The van der Waals surface area contributed by atoms with Crippen molar-refractivity contribution in [2.24, 2.45) is 11.5 Å². The zero-order valence-electron chi connectivity index (χ0n) is 39.4. The smallest absolute Gasteiger partial charge is 0.870 e. The predicted molar refractivity (Wildman–Crippen MR) is 244 cm³/mol. The number of methoxy groups -OCH3 is 2. The number of carbonyl (C=O) groups excluding carboxylic acids is 5. The minimum Gasteiger partial charge on any atom is -0.870 e. The van der Waals surface area contributed by atoms with Crippen molar-refractivity contribution in [2.45, 2.75) is 78.3 Å². The quantitative estimate of drug-likeness (QED) is 0.0730. The van der Waals surface area contributed by atoms with Gasteiger partial charge in [0.1, 0.15) is 0 Å². The fourth-order valence-corrected chi connectivity index (χ4v) is 4.70. The van der Waals surface area contributed by atoms with E-state index in [1.165, 1.54) is 26.4 Å². The van der Waals surface area contributed by atoms with Gasteiger partial charge in [0, 0.05) is 31.6 Å². The average molecular weight is 909 g/mol. The Labute approximate surface area is 398 Å². The molecule has 352 valence electrons. The second kappa shape index (κ2) is 31.9. The Balaban J connectivity index is -0.000000376. The summed E-state index contributed by atoms with van der Waals surface area (Å²) < 4.78 is 14.0. The standard InChI is InChI=1S/C13H17NO3.C12H13NO2.C11H13NO3.C10H9NO2.C2H6O.Li.2H2O/c1-4-17-11(15)9-5-7-10(8-6-9)13(2,3)12(14)16;1-12(2,13-3)10-7-5-9(6-8-10)11(14)15-4;1-11(2,10(12)15)8-5-3-7(4-6-8)9(13)14;1-11-7-8-3-5-9(6-4-8)10(12)13-2;1-2-3;;;/h5-8H,4H2,1-3H3,(H2,14,16);5-8H,1-2,4H3;3-6H,1-2H3,(H2,12,15)(H,13,14);3-6H,7H2,2H3;3H,2H2,1H3;;2*1H2/q;;;;;+1;;/p-1. The topological polar surface area (TPSA) is 293 Å². The summed E-state index contributed by atoms with van der Waals surface area (Å²) >= 11 is 0. The number of rotatable bonds is 11. The molecule has 0 saturated heterocycles. The Morgan fingerprint density at radius 2 is 0.894 bits per heavy atom. The monoisotopic (exact) mass is 908 g/mol. The molecule has 66 heavy (non-hydrogen) atoms. The molecule has 0 aliphatic rings. The number of esters is 3. The van der Waals surface area contributed by atoms with E-state index in [4.69, 9.17) is 39.6 Å². The summed E-state index contributed by atoms with van der Waals surface area (Å²) in [5.41, 5.74) is 13.4. The molecular weight excluding hydrogens is 847 g/mol. The van der Waals surface area contributed by atoms with Gasteiger partial charge in [-0.1, -0.05) is 48.5 Å². The summed E-state index contributed by atoms with van der Waals surface area (Å²) in [6.45, 7) is 28.6. The number of hydrogen-bond acceptors (Lipinski definition) is 11. The SMILES string of the molecule is CC(C)(C(N)=O)c1ccc(C(=O)O)cc1.CCO.CCOC(=O)c1ccc(C(C)(C)C(N)=O)cc1.O.[C-]#[N+]C(C)(C)c1ccc(C(=O)OC)cc1.[C-]#[N+]Cc1ccc(C(=O)OC)cc1.[Li+].[OH-]. The summed E-state index contributed by atoms with van der Waals surface area (Å²) in [4.78, 5) is 73.4. The van der Waals surface area contributed by atoms with E-state index in [1.807, 2.05) is 13.8 Å². The number of amides is 2. The minimum absolute atomic E-state index is 0. The van der Waals surface area contributed by atoms with Crippen LogP contribution in [0.3, 0.4) is 0 Å². The van der Waals surface area contributed by atoms with Gasteiger partial charge in [0.05, 0.1) is 53.9 Å². The maximum Gasteiger partial charge on any atom is 1.00 e. The largest absolute Gasteiger partial charge is 1.00 e. The van der Waals surface area contributed by atoms with E-state index in [2.05, 4.69) is 19.2 Å². The van der Waals surface area contributed by atoms with Gasteiger partial charge < -0.3 is 56.5 Å². The van der Waals surface area contributed by atoms with Crippen molar-refractivity contribution >= 4 is 35.7 Å². The molecule has 0 unspecified atom stereocenters. The first-order chi connectivity index (χ1) is 29.4. The fraction of sp³-hybridized carbons (Fsp3) is 0.333. The van der Waals surface area contributed by atoms with Crippen molar-refractivity contribution in [3.63, 3.8) is 0 Å². The molecule has 0 aromatic heterocycles. The second-order valence-electron chi connectivity index (χ2n) is 14.7. The molecule has 2 amide bonds. The molecule has 0 radical (unpaired) electrons. The van der Waals surface area contributed by atoms with Crippen LogP contribution in [-0.2, 0) is 46.7 Å². The molecule has 0 aliphatic carbocycles. The Morgan fingerprint density at radius 1 is 0.591 bits per heavy atom. The molecule has 18 heteroatoms. The number of primary amides is 2. The first kappa shape index (κ1) is 65.8. The Morgan fingerprint density at radius 3 is 1.17 bits per heavy atom. The van der Waals surface area contributed by atoms with Crippen molar-refractivity contribution in [3.8, 4) is 0 Å². The van der Waals surface area contributed by atoms with Crippen molar-refractivity contribution in [2.75, 3.05) is 27.4 Å². The fourth-order valence-electron chi connectivity index (χ4n) is 4.70. The number of aliphatic hydroxyl groups is 1. The van der Waals surface area contributed by atoms with Crippen molar-refractivity contribution in [3.05, 3.63) is 164 Å². The molecule has 0 bridgehead atoms. The van der Waals surface area contributed by atoms with Crippen LogP contribution >= 0.6 is 0 Å². The van der Waals surface area contributed by atoms with Gasteiger partial charge in [0.2, 0.25) is 18.4 Å². The van der Waals surface area contributed by atoms with E-state index in [0.717, 1.165) is 16.7 Å². The maximum absolute atomic E-state index is 11.4. The Hall–Kier alpha value is -6.84. The summed E-state index contributed by atoms with van der Waals surface area (Å²) in [5, 5.41) is 16.3. The average Bonchev–Trinajstić information content (AvgIpc) is 3.27. The van der Waals surface area contributed by atoms with Crippen LogP contribution < -0.4 is 30.3 Å². The van der Waals surface area contributed by atoms with Crippen LogP contribution in [-0.4, -0.2) is 84.3 Å². The molecule has 17 nitrogen and oxygen atoms in total. The van der Waals surface area contributed by atoms with Crippen LogP contribution in [0.25, 0.3) is 9.69 Å². The number of carboxylic acids is 1. The number of carboxylic acid groups (broad SMARTS) is 1. The zero-order valence-corrected chi connectivity index (χ0v) is 39.4. The molecular formula is C48H61LiN4O13. The summed E-state index contributed by atoms with van der Waals surface area (Å²) in [7, 11) is 2.69. The van der Waals surface area contributed by atoms with Gasteiger partial charge in [-0.25, -0.2) is 32.3 Å². The van der Waals surface area contributed by atoms with Crippen molar-refractivity contribution in [1.29, 1.82) is 0 Å². The summed E-state index contributed by atoms with van der Waals surface area (Å²) in [6, 6.07) is 26.6. The molecule has 0 atom stereocenters. The molecule has 0 aliphatic heterocycles. The van der Waals surface area contributed by atoms with Crippen molar-refractivity contribution < 1.29 is 83.0 Å². The summed E-state index contributed by atoms with van der Waals surface area (Å²) in [6.07, 6.45) is 0. The number of nitrogens with two attached hydrogens (primary N) is 2. The van der Waals surface area contributed by atoms with Gasteiger partial charge in [0.15, 0.2) is 0 Å². The van der Waals surface area contributed by atoms with E-state index in [1.54, 1.807) is 126 Å². The van der Waals surface area contributed by atoms with Gasteiger partial charge in [0.25, 0.3) is 5.54 Å². The number of benzene rings is 4. The van der Waals surface area contributed by atoms with E-state index >= 15 is 0 Å². The third-order valence-electron chi connectivity index (χ3n) is 9.13. The van der Waals surface area contributed by atoms with E-state index < -0.39 is 34.2 Å². The van der Waals surface area contributed by atoms with E-state index in [9.17, 15) is 28.8 Å². The number of aliphatic hydroxyl groups excluding tert-OH is 1. The summed E-state index contributed by atoms with van der Waals surface area (Å²) in [5.74, 6) is -2.90. The first-order valence-corrected chi connectivity index (χ1v) is 19.3. The number of nitrogens with zero attached hydrogens (tertiary/aromatic N) is 2. The molecule has 0 saturated carbocycles.